The lowest BCUT2D eigenvalue weighted by Crippen LogP contribution is -2.36. The number of benzene rings is 2. The molecule has 1 amide bonds. The highest BCUT2D eigenvalue weighted by Gasteiger charge is 2.18. The van der Waals surface area contributed by atoms with Crippen LogP contribution in [0.4, 0.5) is 0 Å². The minimum absolute atomic E-state index is 0.0718. The first-order chi connectivity index (χ1) is 15.5. The van der Waals surface area contributed by atoms with Crippen molar-refractivity contribution in [3.05, 3.63) is 63.1 Å². The van der Waals surface area contributed by atoms with Crippen LogP contribution >= 0.6 is 23.2 Å². The van der Waals surface area contributed by atoms with Crippen LogP contribution in [-0.2, 0) is 11.4 Å². The zero-order valence-electron chi connectivity index (χ0n) is 18.0. The first kappa shape index (κ1) is 24.0. The van der Waals surface area contributed by atoms with Crippen LogP contribution in [0.5, 0.6) is 11.5 Å². The first-order valence-electron chi connectivity index (χ1n) is 10.8. The van der Waals surface area contributed by atoms with Gasteiger partial charge in [-0.2, -0.15) is 5.26 Å². The number of carbonyl (C=O) groups is 1. The molecule has 0 aromatic heterocycles. The largest absolute Gasteiger partial charge is 0.490 e. The van der Waals surface area contributed by atoms with Crippen LogP contribution in [0.3, 0.4) is 0 Å². The van der Waals surface area contributed by atoms with Gasteiger partial charge in [-0.25, -0.2) is 0 Å². The van der Waals surface area contributed by atoms with E-state index in [-0.39, 0.29) is 17.5 Å². The Hall–Kier alpha value is -2.68. The molecule has 2 aromatic rings. The Morgan fingerprint density at radius 2 is 1.88 bits per heavy atom. The van der Waals surface area contributed by atoms with Gasteiger partial charge in [-0.1, -0.05) is 54.6 Å². The fourth-order valence-corrected chi connectivity index (χ4v) is 3.94. The SMILES string of the molecule is CCOc1cc(/C=C(\C#N)C(=O)NC2CCCCC2)ccc1OCc1ccc(Cl)c(Cl)c1. The second kappa shape index (κ2) is 11.8. The monoisotopic (exact) mass is 472 g/mol. The number of ether oxygens (including phenoxy) is 2. The summed E-state index contributed by atoms with van der Waals surface area (Å²) in [4.78, 5) is 12.6. The van der Waals surface area contributed by atoms with Crippen LogP contribution in [0.2, 0.25) is 10.0 Å². The summed E-state index contributed by atoms with van der Waals surface area (Å²) in [5, 5.41) is 13.4. The zero-order valence-corrected chi connectivity index (χ0v) is 19.5. The lowest BCUT2D eigenvalue weighted by molar-refractivity contribution is -0.117. The van der Waals surface area contributed by atoms with Gasteiger partial charge in [0.1, 0.15) is 18.2 Å². The van der Waals surface area contributed by atoms with Gasteiger partial charge in [0.15, 0.2) is 11.5 Å². The van der Waals surface area contributed by atoms with E-state index >= 15 is 0 Å². The molecule has 1 N–H and O–H groups in total. The predicted octanol–water partition coefficient (Wildman–Crippen LogP) is 6.33. The molecule has 168 valence electrons. The number of amides is 1. The molecule has 1 fully saturated rings. The highest BCUT2D eigenvalue weighted by atomic mass is 35.5. The van der Waals surface area contributed by atoms with Gasteiger partial charge in [-0.15, -0.1) is 0 Å². The molecule has 0 spiro atoms. The quantitative estimate of drug-likeness (QED) is 0.359. The summed E-state index contributed by atoms with van der Waals surface area (Å²) < 4.78 is 11.6. The van der Waals surface area contributed by atoms with Gasteiger partial charge in [-0.05, 0) is 61.2 Å². The Morgan fingerprint density at radius 3 is 2.56 bits per heavy atom. The van der Waals surface area contributed by atoms with Crippen molar-refractivity contribution < 1.29 is 14.3 Å². The fourth-order valence-electron chi connectivity index (χ4n) is 3.62. The lowest BCUT2D eigenvalue weighted by atomic mass is 9.95. The summed E-state index contributed by atoms with van der Waals surface area (Å²) in [5.74, 6) is 0.754. The van der Waals surface area contributed by atoms with Gasteiger partial charge in [0.25, 0.3) is 5.91 Å². The maximum atomic E-state index is 12.6. The van der Waals surface area contributed by atoms with Crippen molar-refractivity contribution in [1.29, 1.82) is 5.26 Å². The van der Waals surface area contributed by atoms with E-state index in [1.54, 1.807) is 36.4 Å². The van der Waals surface area contributed by atoms with Crippen molar-refractivity contribution in [1.82, 2.24) is 5.32 Å². The third-order valence-corrected chi connectivity index (χ3v) is 6.00. The van der Waals surface area contributed by atoms with E-state index < -0.39 is 0 Å². The summed E-state index contributed by atoms with van der Waals surface area (Å²) in [7, 11) is 0. The zero-order chi connectivity index (χ0) is 22.9. The van der Waals surface area contributed by atoms with Crippen molar-refractivity contribution in [2.75, 3.05) is 6.61 Å². The normalized spacial score (nSPS) is 14.5. The highest BCUT2D eigenvalue weighted by Crippen LogP contribution is 2.31. The van der Waals surface area contributed by atoms with Crippen molar-refractivity contribution in [3.63, 3.8) is 0 Å². The van der Waals surface area contributed by atoms with E-state index in [9.17, 15) is 10.1 Å². The van der Waals surface area contributed by atoms with E-state index in [0.29, 0.717) is 40.3 Å². The number of carbonyl (C=O) groups excluding carboxylic acids is 1. The van der Waals surface area contributed by atoms with Crippen LogP contribution < -0.4 is 14.8 Å². The molecule has 1 saturated carbocycles. The molecule has 0 aliphatic heterocycles. The van der Waals surface area contributed by atoms with Crippen molar-refractivity contribution in [3.8, 4) is 17.6 Å². The number of rotatable bonds is 8. The third-order valence-electron chi connectivity index (χ3n) is 5.26. The average Bonchev–Trinajstić information content (AvgIpc) is 2.80. The number of halogens is 2. The number of hydrogen-bond acceptors (Lipinski definition) is 4. The van der Waals surface area contributed by atoms with Gasteiger partial charge in [0.05, 0.1) is 16.7 Å². The smallest absolute Gasteiger partial charge is 0.262 e. The van der Waals surface area contributed by atoms with E-state index in [4.69, 9.17) is 32.7 Å². The number of nitrogens with zero attached hydrogens (tertiary/aromatic N) is 1. The van der Waals surface area contributed by atoms with E-state index in [2.05, 4.69) is 5.32 Å². The fraction of sp³-hybridized carbons (Fsp3) is 0.360. The number of hydrogen-bond donors (Lipinski definition) is 1. The van der Waals surface area contributed by atoms with E-state index in [1.807, 2.05) is 19.1 Å². The molecular formula is C25H26Cl2N2O3. The Bertz CT molecular complexity index is 1020. The molecule has 0 bridgehead atoms. The topological polar surface area (TPSA) is 71.3 Å². The lowest BCUT2D eigenvalue weighted by Gasteiger charge is -2.22. The van der Waals surface area contributed by atoms with E-state index in [1.165, 1.54) is 6.42 Å². The summed E-state index contributed by atoms with van der Waals surface area (Å²) in [6, 6.07) is 12.8. The average molecular weight is 473 g/mol. The molecule has 7 heteroatoms. The van der Waals surface area contributed by atoms with Crippen molar-refractivity contribution in [2.45, 2.75) is 51.7 Å². The van der Waals surface area contributed by atoms with Crippen LogP contribution in [0.25, 0.3) is 6.08 Å². The molecule has 0 heterocycles. The summed E-state index contributed by atoms with van der Waals surface area (Å²) in [5.41, 5.74) is 1.63. The molecule has 0 radical (unpaired) electrons. The Balaban J connectivity index is 1.73. The van der Waals surface area contributed by atoms with Crippen molar-refractivity contribution >= 4 is 35.2 Å². The maximum Gasteiger partial charge on any atom is 0.262 e. The van der Waals surface area contributed by atoms with Gasteiger partial charge in [0, 0.05) is 6.04 Å². The number of nitriles is 1. The van der Waals surface area contributed by atoms with Crippen LogP contribution in [0, 0.1) is 11.3 Å². The Labute approximate surface area is 198 Å². The second-order valence-electron chi connectivity index (χ2n) is 7.65. The Morgan fingerprint density at radius 1 is 1.09 bits per heavy atom. The molecule has 32 heavy (non-hydrogen) atoms. The molecule has 1 aliphatic carbocycles. The molecule has 5 nitrogen and oxygen atoms in total. The minimum atomic E-state index is -0.336. The van der Waals surface area contributed by atoms with Crippen LogP contribution in [0.1, 0.15) is 50.2 Å². The molecule has 3 rings (SSSR count). The van der Waals surface area contributed by atoms with Crippen molar-refractivity contribution in [2.24, 2.45) is 0 Å². The summed E-state index contributed by atoms with van der Waals surface area (Å²) in [6.45, 7) is 2.62. The van der Waals surface area contributed by atoms with E-state index in [0.717, 1.165) is 31.2 Å². The van der Waals surface area contributed by atoms with Gasteiger partial charge < -0.3 is 14.8 Å². The predicted molar refractivity (Wildman–Crippen MR) is 127 cm³/mol. The standard InChI is InChI=1S/C25H26Cl2N2O3/c1-2-31-24-14-17(12-19(15-28)25(30)29-20-6-4-3-5-7-20)9-11-23(24)32-16-18-8-10-21(26)22(27)13-18/h8-14,20H,2-7,16H2,1H3,(H,29,30)/b19-12+. The third kappa shape index (κ3) is 6.66. The molecule has 0 saturated heterocycles. The van der Waals surface area contributed by atoms with Crippen LogP contribution in [0.15, 0.2) is 42.0 Å². The molecule has 0 unspecified atom stereocenters. The van der Waals surface area contributed by atoms with Gasteiger partial charge >= 0.3 is 0 Å². The molecular weight excluding hydrogens is 447 g/mol. The first-order valence-corrected chi connectivity index (χ1v) is 11.5. The van der Waals surface area contributed by atoms with Gasteiger partial charge in [-0.3, -0.25) is 4.79 Å². The molecule has 0 atom stereocenters. The maximum absolute atomic E-state index is 12.6. The molecule has 2 aromatic carbocycles. The molecule has 1 aliphatic rings. The highest BCUT2D eigenvalue weighted by molar-refractivity contribution is 6.42. The second-order valence-corrected chi connectivity index (χ2v) is 8.47. The summed E-state index contributed by atoms with van der Waals surface area (Å²) in [6.07, 6.45) is 6.92. The number of nitrogens with one attached hydrogen (secondary N) is 1. The Kier molecular flexibility index (Phi) is 8.84. The van der Waals surface area contributed by atoms with Gasteiger partial charge in [0.2, 0.25) is 0 Å². The minimum Gasteiger partial charge on any atom is -0.490 e. The summed E-state index contributed by atoms with van der Waals surface area (Å²) >= 11 is 12.0. The van der Waals surface area contributed by atoms with Crippen LogP contribution in [-0.4, -0.2) is 18.6 Å².